The first-order valence-electron chi connectivity index (χ1n) is 6.89. The Bertz CT molecular complexity index is 676. The molecule has 0 aliphatic heterocycles. The quantitative estimate of drug-likeness (QED) is 0.629. The zero-order valence-electron chi connectivity index (χ0n) is 12.8. The predicted octanol–water partition coefficient (Wildman–Crippen LogP) is 2.89. The van der Waals surface area contributed by atoms with E-state index in [2.05, 4.69) is 0 Å². The highest BCUT2D eigenvalue weighted by molar-refractivity contribution is 5.87. The van der Waals surface area contributed by atoms with Gasteiger partial charge >= 0.3 is 5.97 Å². The van der Waals surface area contributed by atoms with Crippen molar-refractivity contribution < 1.29 is 19.1 Å². The minimum atomic E-state index is -1.60. The molecule has 1 atom stereocenters. The lowest BCUT2D eigenvalue weighted by Crippen LogP contribution is -2.41. The molecule has 0 spiro atoms. The molecule has 0 radical (unpaired) electrons. The summed E-state index contributed by atoms with van der Waals surface area (Å²) in [7, 11) is 1.28. The molecule has 0 saturated heterocycles. The largest absolute Gasteiger partial charge is 0.466 e. The van der Waals surface area contributed by atoms with Crippen molar-refractivity contribution in [3.05, 3.63) is 70.8 Å². The van der Waals surface area contributed by atoms with E-state index in [0.29, 0.717) is 11.1 Å². The van der Waals surface area contributed by atoms with E-state index in [1.807, 2.05) is 38.1 Å². The maximum atomic E-state index is 12.6. The summed E-state index contributed by atoms with van der Waals surface area (Å²) in [6, 6.07) is 14.5. The lowest BCUT2D eigenvalue weighted by molar-refractivity contribution is -0.169. The summed E-state index contributed by atoms with van der Waals surface area (Å²) >= 11 is 0. The molecule has 114 valence electrons. The number of aryl methyl sites for hydroxylation is 2. The van der Waals surface area contributed by atoms with Crippen molar-refractivity contribution in [1.82, 2.24) is 0 Å². The van der Waals surface area contributed by atoms with E-state index in [-0.39, 0.29) is 6.47 Å². The van der Waals surface area contributed by atoms with Crippen LogP contribution in [-0.4, -0.2) is 19.6 Å². The van der Waals surface area contributed by atoms with Crippen LogP contribution in [0.15, 0.2) is 48.5 Å². The van der Waals surface area contributed by atoms with Gasteiger partial charge in [0.2, 0.25) is 0 Å². The first-order valence-corrected chi connectivity index (χ1v) is 6.89. The molecular formula is C18H18O4. The average molecular weight is 298 g/mol. The van der Waals surface area contributed by atoms with E-state index in [4.69, 9.17) is 9.47 Å². The van der Waals surface area contributed by atoms with Crippen molar-refractivity contribution in [3.63, 3.8) is 0 Å². The summed E-state index contributed by atoms with van der Waals surface area (Å²) in [6.45, 7) is 4.08. The summed E-state index contributed by atoms with van der Waals surface area (Å²) in [5, 5.41) is 0. The molecule has 22 heavy (non-hydrogen) atoms. The number of methoxy groups -OCH3 is 1. The van der Waals surface area contributed by atoms with Crippen LogP contribution >= 0.6 is 0 Å². The first kappa shape index (κ1) is 15.8. The Kier molecular flexibility index (Phi) is 4.61. The lowest BCUT2D eigenvalue weighted by atomic mass is 9.83. The Hall–Kier alpha value is -2.62. The second-order valence-corrected chi connectivity index (χ2v) is 5.07. The minimum Gasteiger partial charge on any atom is -0.466 e. The predicted molar refractivity (Wildman–Crippen MR) is 82.3 cm³/mol. The fourth-order valence-electron chi connectivity index (χ4n) is 2.54. The van der Waals surface area contributed by atoms with Gasteiger partial charge in [0.05, 0.1) is 7.11 Å². The highest BCUT2D eigenvalue weighted by Crippen LogP contribution is 2.36. The number of hydrogen-bond donors (Lipinski definition) is 0. The number of rotatable bonds is 5. The summed E-state index contributed by atoms with van der Waals surface area (Å²) in [6.07, 6.45) is 0. The van der Waals surface area contributed by atoms with Crippen molar-refractivity contribution >= 4 is 12.4 Å². The SMILES string of the molecule is COC(=O)C(OC=O)(c1ccc(C)cc1)c1ccccc1C. The van der Waals surface area contributed by atoms with Gasteiger partial charge < -0.3 is 9.47 Å². The van der Waals surface area contributed by atoms with E-state index in [1.165, 1.54) is 7.11 Å². The third-order valence-electron chi connectivity index (χ3n) is 3.68. The number of carbonyl (C=O) groups excluding carboxylic acids is 2. The molecule has 2 aromatic carbocycles. The normalized spacial score (nSPS) is 13.0. The molecule has 4 nitrogen and oxygen atoms in total. The number of esters is 1. The smallest absolute Gasteiger partial charge is 0.359 e. The average Bonchev–Trinajstić information content (AvgIpc) is 2.53. The van der Waals surface area contributed by atoms with Gasteiger partial charge in [-0.3, -0.25) is 4.79 Å². The zero-order chi connectivity index (χ0) is 16.2. The van der Waals surface area contributed by atoms with Crippen LogP contribution in [0.2, 0.25) is 0 Å². The second-order valence-electron chi connectivity index (χ2n) is 5.07. The van der Waals surface area contributed by atoms with Crippen molar-refractivity contribution in [2.45, 2.75) is 19.4 Å². The van der Waals surface area contributed by atoms with E-state index < -0.39 is 11.6 Å². The van der Waals surface area contributed by atoms with Crippen LogP contribution in [0.5, 0.6) is 0 Å². The van der Waals surface area contributed by atoms with E-state index in [9.17, 15) is 9.59 Å². The highest BCUT2D eigenvalue weighted by Gasteiger charge is 2.46. The molecule has 4 heteroatoms. The van der Waals surface area contributed by atoms with Crippen molar-refractivity contribution in [2.24, 2.45) is 0 Å². The van der Waals surface area contributed by atoms with Crippen LogP contribution in [0.4, 0.5) is 0 Å². The number of carbonyl (C=O) groups is 2. The molecule has 2 aromatic rings. The maximum absolute atomic E-state index is 12.6. The van der Waals surface area contributed by atoms with Gasteiger partial charge in [0, 0.05) is 11.1 Å². The number of ether oxygens (including phenoxy) is 2. The third kappa shape index (κ3) is 2.60. The topological polar surface area (TPSA) is 52.6 Å². The Morgan fingerprint density at radius 2 is 1.68 bits per heavy atom. The van der Waals surface area contributed by atoms with Gasteiger partial charge in [-0.25, -0.2) is 4.79 Å². The molecule has 1 unspecified atom stereocenters. The molecule has 0 heterocycles. The van der Waals surface area contributed by atoms with E-state index in [1.54, 1.807) is 24.3 Å². The lowest BCUT2D eigenvalue weighted by Gasteiger charge is -2.31. The first-order chi connectivity index (χ1) is 10.6. The van der Waals surface area contributed by atoms with Gasteiger partial charge in [-0.05, 0) is 19.4 Å². The van der Waals surface area contributed by atoms with Crippen molar-refractivity contribution in [2.75, 3.05) is 7.11 Å². The molecule has 0 amide bonds. The third-order valence-corrected chi connectivity index (χ3v) is 3.68. The Balaban J connectivity index is 2.77. The monoisotopic (exact) mass is 298 g/mol. The highest BCUT2D eigenvalue weighted by atomic mass is 16.6. The van der Waals surface area contributed by atoms with Crippen LogP contribution in [0.3, 0.4) is 0 Å². The van der Waals surface area contributed by atoms with Crippen molar-refractivity contribution in [1.29, 1.82) is 0 Å². The molecular weight excluding hydrogens is 280 g/mol. The summed E-state index contributed by atoms with van der Waals surface area (Å²) in [4.78, 5) is 23.7. The molecule has 2 rings (SSSR count). The molecule has 0 aliphatic carbocycles. The van der Waals surface area contributed by atoms with Crippen molar-refractivity contribution in [3.8, 4) is 0 Å². The van der Waals surface area contributed by atoms with Gasteiger partial charge in [-0.15, -0.1) is 0 Å². The van der Waals surface area contributed by atoms with Gasteiger partial charge in [-0.1, -0.05) is 54.1 Å². The molecule has 0 aromatic heterocycles. The maximum Gasteiger partial charge on any atom is 0.359 e. The molecule has 0 N–H and O–H groups in total. The summed E-state index contributed by atoms with van der Waals surface area (Å²) in [5.41, 5.74) is 1.40. The van der Waals surface area contributed by atoms with Crippen LogP contribution in [0.1, 0.15) is 22.3 Å². The number of benzene rings is 2. The standard InChI is InChI=1S/C18H18O4/c1-13-8-10-15(11-9-13)18(22-12-19,17(20)21-3)16-7-5-4-6-14(16)2/h4-12H,1-3H3. The second kappa shape index (κ2) is 6.43. The number of hydrogen-bond acceptors (Lipinski definition) is 4. The van der Waals surface area contributed by atoms with Gasteiger partial charge in [-0.2, -0.15) is 0 Å². The minimum absolute atomic E-state index is 0.281. The van der Waals surface area contributed by atoms with Gasteiger partial charge in [0.1, 0.15) is 0 Å². The van der Waals surface area contributed by atoms with Crippen LogP contribution in [0.25, 0.3) is 0 Å². The van der Waals surface area contributed by atoms with E-state index in [0.717, 1.165) is 11.1 Å². The van der Waals surface area contributed by atoms with E-state index >= 15 is 0 Å². The molecule has 0 aliphatic rings. The summed E-state index contributed by atoms with van der Waals surface area (Å²) < 4.78 is 10.3. The van der Waals surface area contributed by atoms with Crippen LogP contribution in [-0.2, 0) is 24.7 Å². The Morgan fingerprint density at radius 1 is 1.05 bits per heavy atom. The Morgan fingerprint density at radius 3 is 2.23 bits per heavy atom. The fourth-order valence-corrected chi connectivity index (χ4v) is 2.54. The summed E-state index contributed by atoms with van der Waals surface area (Å²) in [5.74, 6) is -0.641. The molecule has 0 bridgehead atoms. The Labute approximate surface area is 129 Å². The molecule has 0 fully saturated rings. The zero-order valence-corrected chi connectivity index (χ0v) is 12.8. The fraction of sp³-hybridized carbons (Fsp3) is 0.222. The van der Waals surface area contributed by atoms with Gasteiger partial charge in [0.15, 0.2) is 0 Å². The van der Waals surface area contributed by atoms with Crippen LogP contribution in [0, 0.1) is 13.8 Å². The van der Waals surface area contributed by atoms with Crippen LogP contribution < -0.4 is 0 Å². The van der Waals surface area contributed by atoms with Gasteiger partial charge in [0.25, 0.3) is 12.1 Å². The molecule has 0 saturated carbocycles.